The van der Waals surface area contributed by atoms with Gasteiger partial charge in [0, 0.05) is 19.2 Å². The third-order valence-electron chi connectivity index (χ3n) is 3.87. The van der Waals surface area contributed by atoms with Crippen LogP contribution in [0.2, 0.25) is 0 Å². The van der Waals surface area contributed by atoms with Crippen LogP contribution in [0.4, 0.5) is 18.9 Å². The zero-order valence-electron chi connectivity index (χ0n) is 15.2. The quantitative estimate of drug-likeness (QED) is 0.489. The minimum atomic E-state index is -4.44. The van der Waals surface area contributed by atoms with Gasteiger partial charge in [-0.3, -0.25) is 14.3 Å². The zero-order chi connectivity index (χ0) is 21.0. The predicted octanol–water partition coefficient (Wildman–Crippen LogP) is 4.40. The molecule has 0 aliphatic carbocycles. The summed E-state index contributed by atoms with van der Waals surface area (Å²) in [6, 6.07) is 7.90. The van der Waals surface area contributed by atoms with E-state index in [0.717, 1.165) is 18.2 Å². The molecule has 0 bridgehead atoms. The van der Waals surface area contributed by atoms with Crippen LogP contribution >= 0.6 is 0 Å². The molecule has 0 aliphatic heterocycles. The van der Waals surface area contributed by atoms with E-state index < -0.39 is 17.6 Å². The van der Waals surface area contributed by atoms with Gasteiger partial charge in [0.25, 0.3) is 0 Å². The molecule has 0 aliphatic rings. The first-order valence-corrected chi connectivity index (χ1v) is 8.49. The molecule has 1 amide bonds. The molecular weight excluding hydrogens is 387 g/mol. The van der Waals surface area contributed by atoms with E-state index in [1.54, 1.807) is 18.3 Å². The van der Waals surface area contributed by atoms with Crippen LogP contribution in [0.15, 0.2) is 59.3 Å². The van der Waals surface area contributed by atoms with Crippen LogP contribution in [0.25, 0.3) is 6.08 Å². The predicted molar refractivity (Wildman–Crippen MR) is 99.1 cm³/mol. The number of rotatable bonds is 6. The molecule has 3 aromatic rings. The number of alkyl halides is 3. The second-order valence-corrected chi connectivity index (χ2v) is 6.19. The SMILES string of the molecule is CC(=O)c1ccc(Cn2cc(NC(=O)/C=C/c3cccc(C(F)(F)F)c3)cn2)o1. The molecule has 0 saturated carbocycles. The number of furan rings is 1. The number of carbonyl (C=O) groups is 2. The van der Waals surface area contributed by atoms with Crippen LogP contribution in [0.1, 0.15) is 34.4 Å². The molecule has 6 nitrogen and oxygen atoms in total. The Kier molecular flexibility index (Phi) is 5.67. The van der Waals surface area contributed by atoms with Gasteiger partial charge in [0.1, 0.15) is 5.76 Å². The van der Waals surface area contributed by atoms with Crippen LogP contribution in [0.5, 0.6) is 0 Å². The number of benzene rings is 1. The Bertz CT molecular complexity index is 1060. The lowest BCUT2D eigenvalue weighted by atomic mass is 10.1. The van der Waals surface area contributed by atoms with Crippen LogP contribution in [-0.2, 0) is 17.5 Å². The third kappa shape index (κ3) is 5.44. The maximum Gasteiger partial charge on any atom is 0.416 e. The fourth-order valence-electron chi connectivity index (χ4n) is 2.50. The van der Waals surface area contributed by atoms with E-state index in [1.807, 2.05) is 0 Å². The summed E-state index contributed by atoms with van der Waals surface area (Å²) < 4.78 is 45.0. The number of halogens is 3. The van der Waals surface area contributed by atoms with Crippen molar-refractivity contribution in [2.24, 2.45) is 0 Å². The molecule has 1 aromatic carbocycles. The number of ketones is 1. The highest BCUT2D eigenvalue weighted by Gasteiger charge is 2.30. The number of nitrogens with zero attached hydrogens (tertiary/aromatic N) is 2. The van der Waals surface area contributed by atoms with Crippen molar-refractivity contribution in [3.8, 4) is 0 Å². The molecule has 0 spiro atoms. The molecule has 1 N–H and O–H groups in total. The normalized spacial score (nSPS) is 11.7. The van der Waals surface area contributed by atoms with Gasteiger partial charge < -0.3 is 9.73 Å². The Morgan fingerprint density at radius 1 is 1.24 bits per heavy atom. The average molecular weight is 403 g/mol. The van der Waals surface area contributed by atoms with E-state index >= 15 is 0 Å². The number of carbonyl (C=O) groups excluding carboxylic acids is 2. The van der Waals surface area contributed by atoms with E-state index in [1.165, 1.54) is 36.0 Å². The van der Waals surface area contributed by atoms with E-state index in [-0.39, 0.29) is 23.7 Å². The van der Waals surface area contributed by atoms with Crippen LogP contribution in [0.3, 0.4) is 0 Å². The first-order valence-electron chi connectivity index (χ1n) is 8.49. The van der Waals surface area contributed by atoms with Gasteiger partial charge in [0.15, 0.2) is 11.5 Å². The van der Waals surface area contributed by atoms with E-state index in [9.17, 15) is 22.8 Å². The first-order chi connectivity index (χ1) is 13.7. The van der Waals surface area contributed by atoms with Crippen LogP contribution < -0.4 is 5.32 Å². The van der Waals surface area contributed by atoms with Gasteiger partial charge in [-0.1, -0.05) is 12.1 Å². The highest BCUT2D eigenvalue weighted by molar-refractivity contribution is 6.01. The summed E-state index contributed by atoms with van der Waals surface area (Å²) in [7, 11) is 0. The number of amides is 1. The summed E-state index contributed by atoms with van der Waals surface area (Å²) in [5.74, 6) is 0.0806. The number of aromatic nitrogens is 2. The number of nitrogens with one attached hydrogen (secondary N) is 1. The van der Waals surface area contributed by atoms with E-state index in [0.29, 0.717) is 11.4 Å². The van der Waals surface area contributed by atoms with Crippen molar-refractivity contribution < 1.29 is 27.2 Å². The number of hydrogen-bond donors (Lipinski definition) is 1. The summed E-state index contributed by atoms with van der Waals surface area (Å²) >= 11 is 0. The van der Waals surface area contributed by atoms with Crippen molar-refractivity contribution in [1.29, 1.82) is 0 Å². The summed E-state index contributed by atoms with van der Waals surface area (Å²) in [6.07, 6.45) is 0.969. The lowest BCUT2D eigenvalue weighted by molar-refractivity contribution is -0.137. The maximum absolute atomic E-state index is 12.7. The zero-order valence-corrected chi connectivity index (χ0v) is 15.2. The standard InChI is InChI=1S/C20H16F3N3O3/c1-13(27)18-7-6-17(29-18)12-26-11-16(10-24-26)25-19(28)8-5-14-3-2-4-15(9-14)20(21,22)23/h2-11H,12H2,1H3,(H,25,28)/b8-5+. The Labute approximate surface area is 163 Å². The Morgan fingerprint density at radius 3 is 2.72 bits per heavy atom. The molecule has 150 valence electrons. The minimum absolute atomic E-state index is 0.183. The molecule has 0 radical (unpaired) electrons. The van der Waals surface area contributed by atoms with Gasteiger partial charge >= 0.3 is 6.18 Å². The summed E-state index contributed by atoms with van der Waals surface area (Å²) in [5.41, 5.74) is -0.126. The monoisotopic (exact) mass is 403 g/mol. The first kappa shape index (κ1) is 20.1. The maximum atomic E-state index is 12.7. The molecule has 29 heavy (non-hydrogen) atoms. The fraction of sp³-hybridized carbons (Fsp3) is 0.150. The molecule has 2 aromatic heterocycles. The smallest absolute Gasteiger partial charge is 0.416 e. The number of Topliss-reactive ketones (excluding diaryl/α,β-unsaturated/α-hetero) is 1. The molecule has 0 fully saturated rings. The Morgan fingerprint density at radius 2 is 2.03 bits per heavy atom. The van der Waals surface area contributed by atoms with E-state index in [4.69, 9.17) is 4.42 Å². The largest absolute Gasteiger partial charge is 0.456 e. The topological polar surface area (TPSA) is 77.1 Å². The Balaban J connectivity index is 1.60. The molecule has 9 heteroatoms. The highest BCUT2D eigenvalue weighted by Crippen LogP contribution is 2.29. The van der Waals surface area contributed by atoms with Crippen LogP contribution in [-0.4, -0.2) is 21.5 Å². The summed E-state index contributed by atoms with van der Waals surface area (Å²) in [6.45, 7) is 1.67. The number of hydrogen-bond acceptors (Lipinski definition) is 4. The van der Waals surface area contributed by atoms with Crippen molar-refractivity contribution >= 4 is 23.5 Å². The second kappa shape index (κ2) is 8.17. The second-order valence-electron chi connectivity index (χ2n) is 6.19. The van der Waals surface area contributed by atoms with Gasteiger partial charge in [-0.15, -0.1) is 0 Å². The van der Waals surface area contributed by atoms with Gasteiger partial charge in [-0.2, -0.15) is 18.3 Å². The van der Waals surface area contributed by atoms with Gasteiger partial charge in [0.2, 0.25) is 5.91 Å². The van der Waals surface area contributed by atoms with Crippen molar-refractivity contribution in [2.75, 3.05) is 5.32 Å². The van der Waals surface area contributed by atoms with Crippen molar-refractivity contribution in [3.05, 3.63) is 77.5 Å². The lowest BCUT2D eigenvalue weighted by Gasteiger charge is -2.06. The highest BCUT2D eigenvalue weighted by atomic mass is 19.4. The third-order valence-corrected chi connectivity index (χ3v) is 3.87. The summed E-state index contributed by atoms with van der Waals surface area (Å²) in [5, 5.41) is 6.65. The Hall–Kier alpha value is -3.62. The van der Waals surface area contributed by atoms with Gasteiger partial charge in [-0.05, 0) is 35.9 Å². The van der Waals surface area contributed by atoms with Crippen molar-refractivity contribution in [3.63, 3.8) is 0 Å². The molecule has 0 saturated heterocycles. The molecular formula is C20H16F3N3O3. The van der Waals surface area contributed by atoms with Crippen LogP contribution in [0, 0.1) is 0 Å². The number of anilines is 1. The van der Waals surface area contributed by atoms with Crippen molar-refractivity contribution in [2.45, 2.75) is 19.6 Å². The van der Waals surface area contributed by atoms with Crippen molar-refractivity contribution in [1.82, 2.24) is 9.78 Å². The minimum Gasteiger partial charge on any atom is -0.456 e. The van der Waals surface area contributed by atoms with E-state index in [2.05, 4.69) is 10.4 Å². The summed E-state index contributed by atoms with van der Waals surface area (Å²) in [4.78, 5) is 23.2. The molecule has 0 atom stereocenters. The molecule has 3 rings (SSSR count). The molecule has 2 heterocycles. The lowest BCUT2D eigenvalue weighted by Crippen LogP contribution is -2.07. The van der Waals surface area contributed by atoms with Gasteiger partial charge in [0.05, 0.1) is 24.0 Å². The fourth-order valence-corrected chi connectivity index (χ4v) is 2.50. The van der Waals surface area contributed by atoms with Gasteiger partial charge in [-0.25, -0.2) is 0 Å². The average Bonchev–Trinajstić information content (AvgIpc) is 3.30. The molecule has 0 unspecified atom stereocenters.